The van der Waals surface area contributed by atoms with Crippen LogP contribution in [0.15, 0.2) is 35.5 Å². The minimum absolute atomic E-state index is 0.0400. The van der Waals surface area contributed by atoms with Gasteiger partial charge in [-0.1, -0.05) is 11.6 Å². The number of nitrogens with zero attached hydrogens (tertiary/aromatic N) is 2. The standard InChI is InChI=1S/C13H13ClN2O3S/c1-2-16-7-9(6-15-16)8-20(19)10-3-4-12(14)11(5-10)13(17)18/h3-7H,2,8H2,1H3,(H,17,18). The van der Waals surface area contributed by atoms with E-state index in [1.807, 2.05) is 13.1 Å². The van der Waals surface area contributed by atoms with Gasteiger partial charge in [-0.3, -0.25) is 8.89 Å². The molecule has 1 aromatic carbocycles. The lowest BCUT2D eigenvalue weighted by molar-refractivity contribution is 0.0697. The molecule has 1 unspecified atom stereocenters. The van der Waals surface area contributed by atoms with E-state index in [2.05, 4.69) is 5.10 Å². The number of carbonyl (C=O) groups is 1. The molecule has 0 aliphatic heterocycles. The predicted molar refractivity (Wildman–Crippen MR) is 76.4 cm³/mol. The maximum absolute atomic E-state index is 12.2. The minimum Gasteiger partial charge on any atom is -0.478 e. The number of aryl methyl sites for hydroxylation is 1. The Bertz CT molecular complexity index is 669. The zero-order chi connectivity index (χ0) is 14.7. The van der Waals surface area contributed by atoms with Crippen LogP contribution < -0.4 is 0 Å². The molecule has 5 nitrogen and oxygen atoms in total. The molecule has 0 amide bonds. The van der Waals surface area contributed by atoms with Crippen LogP contribution in [0.3, 0.4) is 0 Å². The summed E-state index contributed by atoms with van der Waals surface area (Å²) < 4.78 is 14.0. The maximum Gasteiger partial charge on any atom is 0.337 e. The molecule has 0 bridgehead atoms. The van der Waals surface area contributed by atoms with E-state index in [1.54, 1.807) is 16.9 Å². The second-order valence-electron chi connectivity index (χ2n) is 4.14. The van der Waals surface area contributed by atoms with Gasteiger partial charge in [0.05, 0.1) is 33.3 Å². The highest BCUT2D eigenvalue weighted by molar-refractivity contribution is 7.84. The van der Waals surface area contributed by atoms with Crippen molar-refractivity contribution in [1.82, 2.24) is 9.78 Å². The van der Waals surface area contributed by atoms with Crippen LogP contribution in [-0.2, 0) is 23.1 Å². The summed E-state index contributed by atoms with van der Waals surface area (Å²) in [7, 11) is -1.33. The Balaban J connectivity index is 2.21. The maximum atomic E-state index is 12.2. The molecule has 7 heteroatoms. The first-order valence-corrected chi connectivity index (χ1v) is 7.63. The number of halogens is 1. The Morgan fingerprint density at radius 2 is 2.25 bits per heavy atom. The van der Waals surface area contributed by atoms with Crippen LogP contribution in [0.1, 0.15) is 22.8 Å². The Morgan fingerprint density at radius 3 is 2.85 bits per heavy atom. The van der Waals surface area contributed by atoms with E-state index in [0.29, 0.717) is 10.6 Å². The van der Waals surface area contributed by atoms with E-state index in [0.717, 1.165) is 12.1 Å². The summed E-state index contributed by atoms with van der Waals surface area (Å²) in [5.41, 5.74) is 0.804. The van der Waals surface area contributed by atoms with Crippen molar-refractivity contribution in [1.29, 1.82) is 0 Å². The SMILES string of the molecule is CCn1cc(CS(=O)c2ccc(Cl)c(C(=O)O)c2)cn1. The van der Waals surface area contributed by atoms with Crippen molar-refractivity contribution in [3.05, 3.63) is 46.7 Å². The van der Waals surface area contributed by atoms with Crippen LogP contribution in [0.4, 0.5) is 0 Å². The number of aromatic nitrogens is 2. The summed E-state index contributed by atoms with van der Waals surface area (Å²) in [6.07, 6.45) is 3.49. The minimum atomic E-state index is -1.33. The van der Waals surface area contributed by atoms with E-state index in [1.165, 1.54) is 12.1 Å². The van der Waals surface area contributed by atoms with Gasteiger partial charge < -0.3 is 5.11 Å². The van der Waals surface area contributed by atoms with E-state index < -0.39 is 16.8 Å². The van der Waals surface area contributed by atoms with E-state index in [4.69, 9.17) is 16.7 Å². The van der Waals surface area contributed by atoms with Crippen LogP contribution >= 0.6 is 11.6 Å². The topological polar surface area (TPSA) is 72.2 Å². The number of hydrogen-bond donors (Lipinski definition) is 1. The molecule has 0 saturated heterocycles. The Kier molecular flexibility index (Phi) is 4.57. The van der Waals surface area contributed by atoms with Crippen molar-refractivity contribution < 1.29 is 14.1 Å². The first-order valence-electron chi connectivity index (χ1n) is 5.93. The summed E-state index contributed by atoms with van der Waals surface area (Å²) in [6.45, 7) is 2.71. The van der Waals surface area contributed by atoms with Crippen LogP contribution in [0.25, 0.3) is 0 Å². The number of aromatic carboxylic acids is 1. The molecule has 0 fully saturated rings. The second kappa shape index (κ2) is 6.19. The second-order valence-corrected chi connectivity index (χ2v) is 6.00. The molecule has 106 valence electrons. The molecule has 20 heavy (non-hydrogen) atoms. The normalized spacial score (nSPS) is 12.3. The summed E-state index contributed by atoms with van der Waals surface area (Å²) in [4.78, 5) is 11.4. The van der Waals surface area contributed by atoms with Crippen LogP contribution in [0.5, 0.6) is 0 Å². The molecule has 0 aliphatic carbocycles. The molecule has 1 aromatic heterocycles. The van der Waals surface area contributed by atoms with Crippen LogP contribution in [-0.4, -0.2) is 25.1 Å². The fourth-order valence-electron chi connectivity index (χ4n) is 1.70. The van der Waals surface area contributed by atoms with E-state index >= 15 is 0 Å². The highest BCUT2D eigenvalue weighted by Gasteiger charge is 2.13. The van der Waals surface area contributed by atoms with Gasteiger partial charge in [0, 0.05) is 23.2 Å². The molecule has 0 radical (unpaired) electrons. The van der Waals surface area contributed by atoms with Gasteiger partial charge in [0.25, 0.3) is 0 Å². The predicted octanol–water partition coefficient (Wildman–Crippen LogP) is 2.56. The molecule has 0 saturated carbocycles. The number of rotatable bonds is 5. The third-order valence-corrected chi connectivity index (χ3v) is 4.44. The number of carboxylic acid groups (broad SMARTS) is 1. The van der Waals surface area contributed by atoms with Crippen molar-refractivity contribution in [2.45, 2.75) is 24.1 Å². The lowest BCUT2D eigenvalue weighted by Gasteiger charge is -2.04. The molecule has 2 rings (SSSR count). The Morgan fingerprint density at radius 1 is 1.50 bits per heavy atom. The fourth-order valence-corrected chi connectivity index (χ4v) is 2.98. The molecular formula is C13H13ClN2O3S. The fraction of sp³-hybridized carbons (Fsp3) is 0.231. The van der Waals surface area contributed by atoms with Gasteiger partial charge in [0.15, 0.2) is 0 Å². The molecule has 1 N–H and O–H groups in total. The third kappa shape index (κ3) is 3.26. The summed E-state index contributed by atoms with van der Waals surface area (Å²) >= 11 is 5.79. The van der Waals surface area contributed by atoms with Crippen molar-refractivity contribution in [3.8, 4) is 0 Å². The number of carboxylic acids is 1. The van der Waals surface area contributed by atoms with Gasteiger partial charge in [-0.05, 0) is 25.1 Å². The summed E-state index contributed by atoms with van der Waals surface area (Å²) in [5, 5.41) is 13.2. The zero-order valence-electron chi connectivity index (χ0n) is 10.7. The smallest absolute Gasteiger partial charge is 0.337 e. The van der Waals surface area contributed by atoms with Gasteiger partial charge in [0.2, 0.25) is 0 Å². The molecular weight excluding hydrogens is 300 g/mol. The lowest BCUT2D eigenvalue weighted by Crippen LogP contribution is -2.01. The third-order valence-electron chi connectivity index (χ3n) is 2.74. The highest BCUT2D eigenvalue weighted by Crippen LogP contribution is 2.21. The van der Waals surface area contributed by atoms with Gasteiger partial charge >= 0.3 is 5.97 Å². The quantitative estimate of drug-likeness (QED) is 0.921. The van der Waals surface area contributed by atoms with Crippen LogP contribution in [0.2, 0.25) is 5.02 Å². The van der Waals surface area contributed by atoms with Crippen molar-refractivity contribution >= 4 is 28.4 Å². The number of benzene rings is 1. The lowest BCUT2D eigenvalue weighted by atomic mass is 10.2. The first kappa shape index (κ1) is 14.7. The van der Waals surface area contributed by atoms with Crippen molar-refractivity contribution in [2.24, 2.45) is 0 Å². The Hall–Kier alpha value is -1.66. The average molecular weight is 313 g/mol. The first-order chi connectivity index (χ1) is 9.51. The van der Waals surface area contributed by atoms with Gasteiger partial charge in [-0.2, -0.15) is 5.10 Å². The zero-order valence-corrected chi connectivity index (χ0v) is 12.3. The van der Waals surface area contributed by atoms with Crippen molar-refractivity contribution in [2.75, 3.05) is 0 Å². The Labute approximate surface area is 123 Å². The van der Waals surface area contributed by atoms with Gasteiger partial charge in [-0.25, -0.2) is 4.79 Å². The van der Waals surface area contributed by atoms with E-state index in [-0.39, 0.29) is 10.6 Å². The monoisotopic (exact) mass is 312 g/mol. The number of hydrogen-bond acceptors (Lipinski definition) is 3. The largest absolute Gasteiger partial charge is 0.478 e. The van der Waals surface area contributed by atoms with Gasteiger partial charge in [0.1, 0.15) is 0 Å². The average Bonchev–Trinajstić information content (AvgIpc) is 2.86. The highest BCUT2D eigenvalue weighted by atomic mass is 35.5. The molecule has 1 atom stereocenters. The molecule has 2 aromatic rings. The summed E-state index contributed by atoms with van der Waals surface area (Å²) in [6, 6.07) is 4.38. The van der Waals surface area contributed by atoms with Gasteiger partial charge in [-0.15, -0.1) is 0 Å². The molecule has 0 spiro atoms. The summed E-state index contributed by atoms with van der Waals surface area (Å²) in [5.74, 6) is -0.839. The van der Waals surface area contributed by atoms with Crippen LogP contribution in [0, 0.1) is 0 Å². The van der Waals surface area contributed by atoms with E-state index in [9.17, 15) is 9.00 Å². The van der Waals surface area contributed by atoms with Crippen molar-refractivity contribution in [3.63, 3.8) is 0 Å². The molecule has 0 aliphatic rings. The molecule has 1 heterocycles.